The maximum Gasteiger partial charge on any atom is 0.280 e. The smallest absolute Gasteiger partial charge is 0.280 e. The van der Waals surface area contributed by atoms with Crippen LogP contribution in [0.5, 0.6) is 11.5 Å². The summed E-state index contributed by atoms with van der Waals surface area (Å²) in [5, 5.41) is 15.6. The second kappa shape index (κ2) is 22.1. The first-order chi connectivity index (χ1) is 32.4. The average molecular weight is 931 g/mol. The van der Waals surface area contributed by atoms with Crippen molar-refractivity contribution in [1.82, 2.24) is 24.2 Å². The Hall–Kier alpha value is -6.18. The lowest BCUT2D eigenvalue weighted by atomic mass is 9.80. The van der Waals surface area contributed by atoms with E-state index in [0.717, 1.165) is 16.7 Å². The van der Waals surface area contributed by atoms with E-state index in [1.54, 1.807) is 32.6 Å². The number of methoxy groups -OCH3 is 2. The van der Waals surface area contributed by atoms with Crippen molar-refractivity contribution in [1.29, 1.82) is 5.26 Å². The molecule has 7 rings (SSSR count). The van der Waals surface area contributed by atoms with E-state index >= 15 is 0 Å². The molecule has 1 fully saturated rings. The third-order valence-electron chi connectivity index (χ3n) is 11.3. The Morgan fingerprint density at radius 2 is 1.46 bits per heavy atom. The Balaban J connectivity index is 1.38. The zero-order chi connectivity index (χ0) is 47.7. The van der Waals surface area contributed by atoms with Gasteiger partial charge in [-0.15, -0.1) is 0 Å². The average Bonchev–Trinajstić information content (AvgIpc) is 3.90. The van der Waals surface area contributed by atoms with Crippen LogP contribution in [-0.2, 0) is 28.9 Å². The number of H-pyrrole nitrogens is 1. The summed E-state index contributed by atoms with van der Waals surface area (Å²) in [5.74, 6) is 0.933. The lowest BCUT2D eigenvalue weighted by molar-refractivity contribution is -0.118. The van der Waals surface area contributed by atoms with Gasteiger partial charge in [0.25, 0.3) is 14.1 Å². The molecule has 352 valence electrons. The maximum absolute atomic E-state index is 13.8. The van der Waals surface area contributed by atoms with Gasteiger partial charge in [-0.25, -0.2) is 9.65 Å². The number of nitrogens with zero attached hydrogens (tertiary/aromatic N) is 5. The van der Waals surface area contributed by atoms with Crippen molar-refractivity contribution in [3.05, 3.63) is 136 Å². The molecule has 0 spiro atoms. The Morgan fingerprint density at radius 3 is 2.01 bits per heavy atom. The van der Waals surface area contributed by atoms with Crippen LogP contribution in [0.15, 0.2) is 114 Å². The molecule has 0 bridgehead atoms. The number of nitrogens with one attached hydrogen (secondary N) is 3. The van der Waals surface area contributed by atoms with Gasteiger partial charge in [0.05, 0.1) is 46.0 Å². The normalized spacial score (nSPS) is 16.7. The van der Waals surface area contributed by atoms with Crippen LogP contribution in [0.25, 0.3) is 11.2 Å². The lowest BCUT2D eigenvalue weighted by Gasteiger charge is -2.39. The molecule has 17 heteroatoms. The van der Waals surface area contributed by atoms with Crippen LogP contribution in [0.3, 0.4) is 0 Å². The molecule has 3 heterocycles. The number of carbonyl (C=O) groups excluding carboxylic acids is 1. The minimum absolute atomic E-state index is 0.00334. The Kier molecular flexibility index (Phi) is 16.1. The SMILES string of the molecule is COc1ccc(C(OC[C@H]2O[C@@H](n3c(Nc4ccccc4)nc4c(=O)[nH]c(NC(=O)C(C)C)nc43)C[C@@H]2OP(OCCC#N)N(C(C)C)C(C)C)(c2ccccc2)c2ccc(OC)cc2)cc1. The second-order valence-electron chi connectivity index (χ2n) is 16.9. The number of hydrogen-bond acceptors (Lipinski definition) is 13. The number of hydrogen-bond donors (Lipinski definition) is 3. The summed E-state index contributed by atoms with van der Waals surface area (Å²) >= 11 is 0. The van der Waals surface area contributed by atoms with E-state index in [4.69, 9.17) is 38.0 Å². The zero-order valence-electron chi connectivity index (χ0n) is 39.1. The first-order valence-corrected chi connectivity index (χ1v) is 23.5. The molecule has 4 atom stereocenters. The summed E-state index contributed by atoms with van der Waals surface area (Å²) in [6, 6.07) is 37.2. The van der Waals surface area contributed by atoms with E-state index in [1.165, 1.54) is 0 Å². The van der Waals surface area contributed by atoms with Gasteiger partial charge in [-0.1, -0.05) is 86.6 Å². The fourth-order valence-electron chi connectivity index (χ4n) is 8.13. The predicted molar refractivity (Wildman–Crippen MR) is 258 cm³/mol. The van der Waals surface area contributed by atoms with Gasteiger partial charge in [0, 0.05) is 30.1 Å². The third kappa shape index (κ3) is 11.0. The number of aromatic nitrogens is 4. The van der Waals surface area contributed by atoms with Crippen LogP contribution < -0.4 is 25.7 Å². The molecule has 6 aromatic rings. The Bertz CT molecular complexity index is 2600. The highest BCUT2D eigenvalue weighted by atomic mass is 31.2. The van der Waals surface area contributed by atoms with E-state index in [2.05, 4.69) is 54.1 Å². The van der Waals surface area contributed by atoms with Crippen molar-refractivity contribution in [2.45, 2.75) is 90.5 Å². The van der Waals surface area contributed by atoms with Gasteiger partial charge >= 0.3 is 0 Å². The number of imidazole rings is 1. The largest absolute Gasteiger partial charge is 0.497 e. The van der Waals surface area contributed by atoms with Crippen molar-refractivity contribution in [2.24, 2.45) is 5.92 Å². The number of rotatable bonds is 21. The summed E-state index contributed by atoms with van der Waals surface area (Å²) in [5.41, 5.74) is 1.71. The van der Waals surface area contributed by atoms with Crippen LogP contribution in [0.2, 0.25) is 0 Å². The molecule has 0 radical (unpaired) electrons. The fraction of sp³-hybridized carbons (Fsp3) is 0.380. The molecular formula is C50H59N8O8P. The quantitative estimate of drug-likeness (QED) is 0.0352. The number of nitriles is 1. The van der Waals surface area contributed by atoms with Gasteiger partial charge in [0.15, 0.2) is 11.2 Å². The van der Waals surface area contributed by atoms with Crippen LogP contribution in [0.4, 0.5) is 17.6 Å². The monoisotopic (exact) mass is 930 g/mol. The van der Waals surface area contributed by atoms with Crippen molar-refractivity contribution in [3.63, 3.8) is 0 Å². The zero-order valence-corrected chi connectivity index (χ0v) is 40.0. The molecule has 16 nitrogen and oxygen atoms in total. The number of ether oxygens (including phenoxy) is 4. The minimum Gasteiger partial charge on any atom is -0.497 e. The molecule has 1 aliphatic rings. The van der Waals surface area contributed by atoms with Gasteiger partial charge in [-0.3, -0.25) is 24.5 Å². The molecule has 67 heavy (non-hydrogen) atoms. The first kappa shape index (κ1) is 48.7. The molecule has 2 aromatic heterocycles. The molecule has 0 aliphatic carbocycles. The molecule has 1 saturated heterocycles. The molecule has 1 aliphatic heterocycles. The molecule has 1 amide bonds. The highest BCUT2D eigenvalue weighted by molar-refractivity contribution is 7.44. The fourth-order valence-corrected chi connectivity index (χ4v) is 9.88. The molecule has 0 saturated carbocycles. The van der Waals surface area contributed by atoms with Gasteiger partial charge in [-0.05, 0) is 80.8 Å². The highest BCUT2D eigenvalue weighted by Gasteiger charge is 2.46. The topological polar surface area (TPSA) is 187 Å². The van der Waals surface area contributed by atoms with Gasteiger partial charge in [-0.2, -0.15) is 10.2 Å². The van der Waals surface area contributed by atoms with E-state index < -0.39 is 38.1 Å². The first-order valence-electron chi connectivity index (χ1n) is 22.4. The summed E-state index contributed by atoms with van der Waals surface area (Å²) in [6.07, 6.45) is -1.87. The number of para-hydroxylation sites is 1. The van der Waals surface area contributed by atoms with Gasteiger partial charge in [0.2, 0.25) is 17.8 Å². The van der Waals surface area contributed by atoms with E-state index in [1.807, 2.05) is 109 Å². The second-order valence-corrected chi connectivity index (χ2v) is 18.3. The van der Waals surface area contributed by atoms with Crippen molar-refractivity contribution >= 4 is 43.2 Å². The summed E-state index contributed by atoms with van der Waals surface area (Å²) in [6.45, 7) is 12.0. The number of anilines is 3. The predicted octanol–water partition coefficient (Wildman–Crippen LogP) is 9.43. The number of aromatic amines is 1. The van der Waals surface area contributed by atoms with E-state index in [0.29, 0.717) is 17.2 Å². The molecule has 1 unspecified atom stereocenters. The Morgan fingerprint density at radius 1 is 0.881 bits per heavy atom. The summed E-state index contributed by atoms with van der Waals surface area (Å²) in [7, 11) is 1.50. The maximum atomic E-state index is 13.8. The van der Waals surface area contributed by atoms with E-state index in [-0.39, 0.29) is 73.0 Å². The minimum atomic E-state index is -1.76. The lowest BCUT2D eigenvalue weighted by Crippen LogP contribution is -2.39. The van der Waals surface area contributed by atoms with E-state index in [9.17, 15) is 14.9 Å². The van der Waals surface area contributed by atoms with Crippen molar-refractivity contribution < 1.29 is 32.8 Å². The third-order valence-corrected chi connectivity index (χ3v) is 13.5. The van der Waals surface area contributed by atoms with Gasteiger partial charge in [0.1, 0.15) is 29.4 Å². The number of carbonyl (C=O) groups is 1. The number of amides is 1. The van der Waals surface area contributed by atoms with Crippen LogP contribution in [0, 0.1) is 17.2 Å². The van der Waals surface area contributed by atoms with Crippen molar-refractivity contribution in [3.8, 4) is 17.6 Å². The van der Waals surface area contributed by atoms with Crippen molar-refractivity contribution in [2.75, 3.05) is 38.1 Å². The Labute approximate surface area is 392 Å². The summed E-state index contributed by atoms with van der Waals surface area (Å²) in [4.78, 5) is 38.9. The molecule has 4 aromatic carbocycles. The van der Waals surface area contributed by atoms with Crippen LogP contribution in [0.1, 0.15) is 77.3 Å². The summed E-state index contributed by atoms with van der Waals surface area (Å²) < 4.78 is 43.3. The standard InChI is InChI=1S/C50H59N8O8P/c1-32(2)46(59)55-48-54-45-44(47(60)56-48)53-49(52-38-18-13-10-14-19-38)57(45)43-30-41(66-67(64-29-15-28-51)58(33(3)4)34(5)6)42(65-43)31-63-50(35-16-11-9-12-17-35,36-20-24-39(61-7)25-21-36)37-22-26-40(62-8)27-23-37/h9-14,16-27,32-34,41-43H,15,29-31H2,1-8H3,(H,52,53)(H2,54,55,56,59,60)/t41-,42+,43+,67?/m0/s1. The van der Waals surface area contributed by atoms with Gasteiger partial charge < -0.3 is 33.3 Å². The number of fused-ring (bicyclic) bond motifs is 1. The number of benzene rings is 4. The van der Waals surface area contributed by atoms with Crippen LogP contribution in [-0.4, -0.2) is 81.8 Å². The molecular weight excluding hydrogens is 872 g/mol. The highest BCUT2D eigenvalue weighted by Crippen LogP contribution is 2.51. The van der Waals surface area contributed by atoms with Crippen LogP contribution >= 0.6 is 8.53 Å². The molecule has 3 N–H and O–H groups in total.